The fourth-order valence-corrected chi connectivity index (χ4v) is 4.82. The molecule has 2 heterocycles. The van der Waals surface area contributed by atoms with Gasteiger partial charge in [-0.05, 0) is 56.7 Å². The van der Waals surface area contributed by atoms with Crippen LogP contribution in [0.15, 0.2) is 22.8 Å². The summed E-state index contributed by atoms with van der Waals surface area (Å²) < 4.78 is 5.32. The molecule has 2 amide bonds. The van der Waals surface area contributed by atoms with Crippen LogP contribution in [-0.2, 0) is 4.79 Å². The molecule has 3 N–H and O–H groups in total. The van der Waals surface area contributed by atoms with E-state index in [2.05, 4.69) is 0 Å². The maximum Gasteiger partial charge on any atom is 0.289 e. The number of amides is 2. The zero-order chi connectivity index (χ0) is 18.8. The Morgan fingerprint density at radius 2 is 2.15 bits per heavy atom. The van der Waals surface area contributed by atoms with Crippen LogP contribution in [-0.4, -0.2) is 64.5 Å². The van der Waals surface area contributed by atoms with Crippen molar-refractivity contribution in [2.24, 2.45) is 17.6 Å². The minimum absolute atomic E-state index is 0.00327. The molecule has 5 atom stereocenters. The molecular weight excluding hydrogens is 334 g/mol. The van der Waals surface area contributed by atoms with Crippen molar-refractivity contribution >= 4 is 11.8 Å². The lowest BCUT2D eigenvalue weighted by molar-refractivity contribution is -0.142. The summed E-state index contributed by atoms with van der Waals surface area (Å²) in [5.74, 6) is 0.525. The van der Waals surface area contributed by atoms with Gasteiger partial charge in [0.05, 0.1) is 18.3 Å². The Labute approximate surface area is 154 Å². The van der Waals surface area contributed by atoms with Crippen LogP contribution in [0, 0.1) is 11.8 Å². The zero-order valence-electron chi connectivity index (χ0n) is 15.5. The number of aliphatic hydroxyl groups is 1. The van der Waals surface area contributed by atoms with E-state index in [1.807, 2.05) is 16.7 Å². The minimum Gasteiger partial charge on any atom is -0.459 e. The Hall–Kier alpha value is -1.86. The third-order valence-electron chi connectivity index (χ3n) is 6.08. The SMILES string of the molecule is CC(=O)N1C2CCC(C(CN)CO)CC2N(C(=O)c2ccco2)C[C@@H]1C. The van der Waals surface area contributed by atoms with Crippen LogP contribution in [0.1, 0.15) is 43.7 Å². The van der Waals surface area contributed by atoms with Crippen LogP contribution in [0.5, 0.6) is 0 Å². The highest BCUT2D eigenvalue weighted by Crippen LogP contribution is 2.39. The summed E-state index contributed by atoms with van der Waals surface area (Å²) in [6.45, 7) is 4.55. The fraction of sp³-hybridized carbons (Fsp3) is 0.684. The number of carbonyl (C=O) groups is 2. The first-order chi connectivity index (χ1) is 12.5. The van der Waals surface area contributed by atoms with Crippen LogP contribution >= 0.6 is 0 Å². The van der Waals surface area contributed by atoms with Gasteiger partial charge in [-0.15, -0.1) is 0 Å². The first-order valence-corrected chi connectivity index (χ1v) is 9.42. The third kappa shape index (κ3) is 3.38. The highest BCUT2D eigenvalue weighted by Gasteiger charge is 2.47. The van der Waals surface area contributed by atoms with E-state index in [9.17, 15) is 14.7 Å². The van der Waals surface area contributed by atoms with E-state index in [4.69, 9.17) is 10.2 Å². The number of carbonyl (C=O) groups excluding carboxylic acids is 2. The molecule has 0 spiro atoms. The van der Waals surface area contributed by atoms with Crippen molar-refractivity contribution in [1.82, 2.24) is 9.80 Å². The fourth-order valence-electron chi connectivity index (χ4n) is 4.82. The van der Waals surface area contributed by atoms with Crippen LogP contribution in [0.25, 0.3) is 0 Å². The summed E-state index contributed by atoms with van der Waals surface area (Å²) in [5, 5.41) is 9.64. The Kier molecular flexibility index (Phi) is 5.67. The van der Waals surface area contributed by atoms with Crippen molar-refractivity contribution in [1.29, 1.82) is 0 Å². The number of nitrogens with two attached hydrogens (primary N) is 1. The second kappa shape index (κ2) is 7.80. The topological polar surface area (TPSA) is 100 Å². The van der Waals surface area contributed by atoms with Crippen LogP contribution in [0.4, 0.5) is 0 Å². The first kappa shape index (κ1) is 18.9. The molecule has 0 bridgehead atoms. The molecule has 7 nitrogen and oxygen atoms in total. The molecule has 2 aliphatic rings. The Balaban J connectivity index is 1.89. The predicted octanol–water partition coefficient (Wildman–Crippen LogP) is 1.08. The summed E-state index contributed by atoms with van der Waals surface area (Å²) in [5.41, 5.74) is 5.83. The Morgan fingerprint density at radius 3 is 2.73 bits per heavy atom. The van der Waals surface area contributed by atoms with E-state index in [-0.39, 0.29) is 48.4 Å². The zero-order valence-corrected chi connectivity index (χ0v) is 15.5. The maximum absolute atomic E-state index is 13.0. The average Bonchev–Trinajstić information content (AvgIpc) is 3.16. The predicted molar refractivity (Wildman–Crippen MR) is 96.3 cm³/mol. The maximum atomic E-state index is 13.0. The van der Waals surface area contributed by atoms with E-state index in [1.54, 1.807) is 19.1 Å². The molecule has 1 aliphatic heterocycles. The molecule has 7 heteroatoms. The van der Waals surface area contributed by atoms with E-state index < -0.39 is 0 Å². The van der Waals surface area contributed by atoms with Gasteiger partial charge in [0, 0.05) is 26.1 Å². The molecule has 0 radical (unpaired) electrons. The van der Waals surface area contributed by atoms with Crippen molar-refractivity contribution in [3.05, 3.63) is 24.2 Å². The Morgan fingerprint density at radius 1 is 1.38 bits per heavy atom. The minimum atomic E-state index is -0.131. The number of piperazine rings is 1. The van der Waals surface area contributed by atoms with E-state index in [0.717, 1.165) is 19.3 Å². The van der Waals surface area contributed by atoms with Gasteiger partial charge in [0.15, 0.2) is 5.76 Å². The van der Waals surface area contributed by atoms with Gasteiger partial charge < -0.3 is 25.1 Å². The third-order valence-corrected chi connectivity index (χ3v) is 6.08. The lowest BCUT2D eigenvalue weighted by Gasteiger charge is -2.54. The summed E-state index contributed by atoms with van der Waals surface area (Å²) in [4.78, 5) is 29.0. The second-order valence-electron chi connectivity index (χ2n) is 7.60. The van der Waals surface area contributed by atoms with Crippen molar-refractivity contribution in [2.75, 3.05) is 19.7 Å². The van der Waals surface area contributed by atoms with Gasteiger partial charge in [-0.3, -0.25) is 9.59 Å². The molecule has 1 aromatic heterocycles. The summed E-state index contributed by atoms with van der Waals surface area (Å²) in [6.07, 6.45) is 3.97. The smallest absolute Gasteiger partial charge is 0.289 e. The average molecular weight is 363 g/mol. The Bertz CT molecular complexity index is 629. The van der Waals surface area contributed by atoms with E-state index in [0.29, 0.717) is 18.8 Å². The lowest BCUT2D eigenvalue weighted by Crippen LogP contribution is -2.67. The normalized spacial score (nSPS) is 30.0. The van der Waals surface area contributed by atoms with Gasteiger partial charge >= 0.3 is 0 Å². The molecular formula is C19H29N3O4. The second-order valence-corrected chi connectivity index (χ2v) is 7.60. The van der Waals surface area contributed by atoms with E-state index in [1.165, 1.54) is 6.26 Å². The number of hydrogen-bond donors (Lipinski definition) is 2. The highest BCUT2D eigenvalue weighted by atomic mass is 16.3. The number of aliphatic hydroxyl groups excluding tert-OH is 1. The van der Waals surface area contributed by atoms with Crippen molar-refractivity contribution in [2.45, 2.75) is 51.2 Å². The van der Waals surface area contributed by atoms with Gasteiger partial charge in [0.25, 0.3) is 5.91 Å². The number of hydrogen-bond acceptors (Lipinski definition) is 5. The first-order valence-electron chi connectivity index (χ1n) is 9.42. The number of fused-ring (bicyclic) bond motifs is 1. The molecule has 1 saturated heterocycles. The van der Waals surface area contributed by atoms with Crippen LogP contribution in [0.3, 0.4) is 0 Å². The molecule has 1 aromatic rings. The van der Waals surface area contributed by atoms with Gasteiger partial charge in [-0.1, -0.05) is 0 Å². The van der Waals surface area contributed by atoms with Crippen LogP contribution in [0.2, 0.25) is 0 Å². The standard InChI is InChI=1S/C19H29N3O4/c1-12-10-21(19(25)18-4-3-7-26-18)17-8-14(15(9-20)11-23)5-6-16(17)22(12)13(2)24/h3-4,7,12,14-17,23H,5-6,8-11,20H2,1-2H3/t12-,14?,15?,16?,17?/m0/s1. The largest absolute Gasteiger partial charge is 0.459 e. The van der Waals surface area contributed by atoms with E-state index >= 15 is 0 Å². The summed E-state index contributed by atoms with van der Waals surface area (Å²) in [6, 6.07) is 3.28. The molecule has 0 aromatic carbocycles. The van der Waals surface area contributed by atoms with Crippen molar-refractivity contribution < 1.29 is 19.1 Å². The molecule has 4 unspecified atom stereocenters. The number of nitrogens with zero attached hydrogens (tertiary/aromatic N) is 2. The van der Waals surface area contributed by atoms with Crippen molar-refractivity contribution in [3.8, 4) is 0 Å². The summed E-state index contributed by atoms with van der Waals surface area (Å²) >= 11 is 0. The number of rotatable bonds is 4. The lowest BCUT2D eigenvalue weighted by atomic mass is 9.73. The van der Waals surface area contributed by atoms with Crippen LogP contribution < -0.4 is 5.73 Å². The molecule has 26 heavy (non-hydrogen) atoms. The molecule has 3 rings (SSSR count). The number of furan rings is 1. The van der Waals surface area contributed by atoms with Gasteiger partial charge in [0.2, 0.25) is 5.91 Å². The monoisotopic (exact) mass is 363 g/mol. The molecule has 144 valence electrons. The van der Waals surface area contributed by atoms with Crippen molar-refractivity contribution in [3.63, 3.8) is 0 Å². The molecule has 2 fully saturated rings. The molecule has 1 aliphatic carbocycles. The van der Waals surface area contributed by atoms with Gasteiger partial charge in [-0.25, -0.2) is 0 Å². The van der Waals surface area contributed by atoms with Gasteiger partial charge in [-0.2, -0.15) is 0 Å². The molecule has 1 saturated carbocycles. The van der Waals surface area contributed by atoms with Gasteiger partial charge in [0.1, 0.15) is 0 Å². The quantitative estimate of drug-likeness (QED) is 0.834. The summed E-state index contributed by atoms with van der Waals surface area (Å²) in [7, 11) is 0. The highest BCUT2D eigenvalue weighted by molar-refractivity contribution is 5.92.